The van der Waals surface area contributed by atoms with E-state index in [1.165, 1.54) is 6.07 Å². The molecule has 1 aliphatic carbocycles. The zero-order valence-electron chi connectivity index (χ0n) is 11.0. The average molecular weight is 283 g/mol. The molecule has 0 saturated heterocycles. The lowest BCUT2D eigenvalue weighted by Gasteiger charge is -2.25. The number of ether oxygens (including phenoxy) is 1. The molecule has 0 heterocycles. The highest BCUT2D eigenvalue weighted by atomic mass is 32.2. The van der Waals surface area contributed by atoms with Crippen molar-refractivity contribution >= 4 is 16.0 Å². The Kier molecular flexibility index (Phi) is 3.64. The van der Waals surface area contributed by atoms with E-state index >= 15 is 0 Å². The van der Waals surface area contributed by atoms with Crippen LogP contribution >= 0.6 is 0 Å². The lowest BCUT2D eigenvalue weighted by atomic mass is 9.96. The van der Waals surface area contributed by atoms with Gasteiger partial charge in [-0.1, -0.05) is 6.07 Å². The van der Waals surface area contributed by atoms with Crippen LogP contribution in [0.1, 0.15) is 40.7 Å². The van der Waals surface area contributed by atoms with Crippen LogP contribution in [-0.4, -0.2) is 20.5 Å². The molecule has 5 nitrogen and oxygen atoms in total. The Morgan fingerprint density at radius 2 is 1.89 bits per heavy atom. The van der Waals surface area contributed by atoms with Gasteiger partial charge in [0.25, 0.3) is 0 Å². The predicted molar refractivity (Wildman–Crippen MR) is 70.3 cm³/mol. The predicted octanol–water partition coefficient (Wildman–Crippen LogP) is 1.66. The van der Waals surface area contributed by atoms with Crippen LogP contribution in [0.4, 0.5) is 0 Å². The summed E-state index contributed by atoms with van der Waals surface area (Å²) in [6.45, 7) is 3.39. The number of sulfonamides is 1. The molecule has 1 fully saturated rings. The second-order valence-corrected chi connectivity index (χ2v) is 6.47. The first-order valence-corrected chi connectivity index (χ1v) is 7.68. The molecule has 0 aromatic heterocycles. The molecule has 2 rings (SSSR count). The SMILES string of the molecule is Cc1cc(C)c(S(N)(=O)=O)cc1C(=O)OC1CCC1. The molecule has 1 aliphatic rings. The molecular formula is C13H17NO4S. The van der Waals surface area contributed by atoms with Crippen molar-refractivity contribution in [2.75, 3.05) is 0 Å². The molecule has 0 atom stereocenters. The summed E-state index contributed by atoms with van der Waals surface area (Å²) >= 11 is 0. The van der Waals surface area contributed by atoms with Crippen molar-refractivity contribution in [1.82, 2.24) is 0 Å². The van der Waals surface area contributed by atoms with Crippen molar-refractivity contribution in [1.29, 1.82) is 0 Å². The van der Waals surface area contributed by atoms with Crippen LogP contribution in [0.25, 0.3) is 0 Å². The number of hydrogen-bond acceptors (Lipinski definition) is 4. The van der Waals surface area contributed by atoms with Crippen LogP contribution in [0.2, 0.25) is 0 Å². The molecular weight excluding hydrogens is 266 g/mol. The zero-order chi connectivity index (χ0) is 14.2. The minimum Gasteiger partial charge on any atom is -0.459 e. The smallest absolute Gasteiger partial charge is 0.338 e. The van der Waals surface area contributed by atoms with E-state index in [0.717, 1.165) is 19.3 Å². The Balaban J connectivity index is 2.36. The third kappa shape index (κ3) is 2.96. The van der Waals surface area contributed by atoms with Gasteiger partial charge in [-0.15, -0.1) is 0 Å². The van der Waals surface area contributed by atoms with E-state index in [0.29, 0.717) is 11.1 Å². The average Bonchev–Trinajstić information content (AvgIpc) is 2.21. The monoisotopic (exact) mass is 283 g/mol. The lowest BCUT2D eigenvalue weighted by molar-refractivity contribution is 0.00890. The van der Waals surface area contributed by atoms with E-state index in [1.807, 2.05) is 0 Å². The highest BCUT2D eigenvalue weighted by Crippen LogP contribution is 2.25. The van der Waals surface area contributed by atoms with Crippen molar-refractivity contribution in [3.8, 4) is 0 Å². The van der Waals surface area contributed by atoms with E-state index in [1.54, 1.807) is 19.9 Å². The van der Waals surface area contributed by atoms with Gasteiger partial charge in [0.1, 0.15) is 6.10 Å². The second kappa shape index (κ2) is 4.94. The molecule has 1 saturated carbocycles. The van der Waals surface area contributed by atoms with Gasteiger partial charge in [0, 0.05) is 0 Å². The fraction of sp³-hybridized carbons (Fsp3) is 0.462. The maximum absolute atomic E-state index is 12.0. The van der Waals surface area contributed by atoms with Crippen molar-refractivity contribution in [2.24, 2.45) is 5.14 Å². The highest BCUT2D eigenvalue weighted by Gasteiger charge is 2.24. The Labute approximate surface area is 112 Å². The molecule has 2 N–H and O–H groups in total. The molecule has 0 spiro atoms. The maximum atomic E-state index is 12.0. The van der Waals surface area contributed by atoms with Gasteiger partial charge < -0.3 is 4.74 Å². The van der Waals surface area contributed by atoms with Gasteiger partial charge in [0.05, 0.1) is 10.5 Å². The number of nitrogens with two attached hydrogens (primary N) is 1. The molecule has 0 aliphatic heterocycles. The van der Waals surface area contributed by atoms with Gasteiger partial charge in [0.15, 0.2) is 0 Å². The van der Waals surface area contributed by atoms with Crippen molar-refractivity contribution in [3.63, 3.8) is 0 Å². The molecule has 0 radical (unpaired) electrons. The molecule has 0 unspecified atom stereocenters. The summed E-state index contributed by atoms with van der Waals surface area (Å²) in [5.74, 6) is -0.480. The van der Waals surface area contributed by atoms with E-state index in [2.05, 4.69) is 0 Å². The van der Waals surface area contributed by atoms with Gasteiger partial charge in [-0.2, -0.15) is 0 Å². The normalized spacial score (nSPS) is 15.9. The molecule has 104 valence electrons. The Hall–Kier alpha value is -1.40. The number of benzene rings is 1. The first-order chi connectivity index (χ1) is 8.79. The topological polar surface area (TPSA) is 86.5 Å². The second-order valence-electron chi connectivity index (χ2n) is 4.94. The highest BCUT2D eigenvalue weighted by molar-refractivity contribution is 7.89. The number of esters is 1. The summed E-state index contributed by atoms with van der Waals surface area (Å²) in [4.78, 5) is 12.0. The third-order valence-corrected chi connectivity index (χ3v) is 4.43. The third-order valence-electron chi connectivity index (χ3n) is 3.37. The molecule has 0 bridgehead atoms. The van der Waals surface area contributed by atoms with Crippen LogP contribution in [0.15, 0.2) is 17.0 Å². The molecule has 1 aromatic rings. The Bertz CT molecular complexity index is 618. The summed E-state index contributed by atoms with van der Waals surface area (Å²) in [6, 6.07) is 2.94. The van der Waals surface area contributed by atoms with Gasteiger partial charge >= 0.3 is 5.97 Å². The van der Waals surface area contributed by atoms with Crippen LogP contribution in [0.5, 0.6) is 0 Å². The first-order valence-electron chi connectivity index (χ1n) is 6.14. The maximum Gasteiger partial charge on any atom is 0.338 e. The van der Waals surface area contributed by atoms with Gasteiger partial charge in [-0.25, -0.2) is 18.4 Å². The lowest BCUT2D eigenvalue weighted by Crippen LogP contribution is -2.25. The van der Waals surface area contributed by atoms with Crippen molar-refractivity contribution in [3.05, 3.63) is 28.8 Å². The number of primary sulfonamides is 1. The number of hydrogen-bond donors (Lipinski definition) is 1. The zero-order valence-corrected chi connectivity index (χ0v) is 11.8. The fourth-order valence-electron chi connectivity index (χ4n) is 2.06. The van der Waals surface area contributed by atoms with Crippen molar-refractivity contribution in [2.45, 2.75) is 44.1 Å². The van der Waals surface area contributed by atoms with Gasteiger partial charge in [-0.05, 0) is 50.3 Å². The van der Waals surface area contributed by atoms with Crippen LogP contribution in [0.3, 0.4) is 0 Å². The van der Waals surface area contributed by atoms with Gasteiger partial charge in [-0.3, -0.25) is 0 Å². The summed E-state index contributed by atoms with van der Waals surface area (Å²) in [7, 11) is -3.83. The van der Waals surface area contributed by atoms with Gasteiger partial charge in [0.2, 0.25) is 10.0 Å². The minimum atomic E-state index is -3.83. The fourth-order valence-corrected chi connectivity index (χ4v) is 2.85. The molecule has 0 amide bonds. The van der Waals surface area contributed by atoms with E-state index in [-0.39, 0.29) is 16.6 Å². The number of rotatable bonds is 3. The molecule has 1 aromatic carbocycles. The number of carbonyl (C=O) groups excluding carboxylic acids is 1. The molecule has 6 heteroatoms. The Morgan fingerprint density at radius 3 is 2.37 bits per heavy atom. The van der Waals surface area contributed by atoms with Crippen LogP contribution < -0.4 is 5.14 Å². The minimum absolute atomic E-state index is 0.0290. The summed E-state index contributed by atoms with van der Waals surface area (Å²) < 4.78 is 28.2. The summed E-state index contributed by atoms with van der Waals surface area (Å²) in [5.41, 5.74) is 1.48. The first kappa shape index (κ1) is 14.0. The van der Waals surface area contributed by atoms with E-state index in [9.17, 15) is 13.2 Å². The Morgan fingerprint density at radius 1 is 1.26 bits per heavy atom. The number of aryl methyl sites for hydroxylation is 2. The standard InChI is InChI=1S/C13H17NO4S/c1-8-6-9(2)12(19(14,16)17)7-11(8)13(15)18-10-4-3-5-10/h6-7,10H,3-5H2,1-2H3,(H2,14,16,17). The summed E-state index contributed by atoms with van der Waals surface area (Å²) in [6.07, 6.45) is 2.77. The summed E-state index contributed by atoms with van der Waals surface area (Å²) in [5, 5.41) is 5.14. The van der Waals surface area contributed by atoms with E-state index in [4.69, 9.17) is 9.88 Å². The number of carbonyl (C=O) groups is 1. The van der Waals surface area contributed by atoms with Crippen LogP contribution in [-0.2, 0) is 14.8 Å². The molecule has 19 heavy (non-hydrogen) atoms. The van der Waals surface area contributed by atoms with E-state index < -0.39 is 16.0 Å². The van der Waals surface area contributed by atoms with Crippen LogP contribution in [0, 0.1) is 13.8 Å². The van der Waals surface area contributed by atoms with Crippen molar-refractivity contribution < 1.29 is 17.9 Å². The largest absolute Gasteiger partial charge is 0.459 e. The quantitative estimate of drug-likeness (QED) is 0.855.